The van der Waals surface area contributed by atoms with Crippen LogP contribution in [0.25, 0.3) is 0 Å². The van der Waals surface area contributed by atoms with Crippen molar-refractivity contribution in [3.63, 3.8) is 0 Å². The number of hydrogen-bond acceptors (Lipinski definition) is 6. The lowest BCUT2D eigenvalue weighted by molar-refractivity contribution is -0.116. The summed E-state index contributed by atoms with van der Waals surface area (Å²) in [6, 6.07) is 14.9. The number of benzene rings is 1. The summed E-state index contributed by atoms with van der Waals surface area (Å²) in [5.41, 5.74) is 3.31. The van der Waals surface area contributed by atoms with Crippen LogP contribution in [0.1, 0.15) is 21.5 Å². The fraction of sp³-hybridized carbons (Fsp3) is 0.217. The van der Waals surface area contributed by atoms with Gasteiger partial charge in [0, 0.05) is 23.8 Å². The van der Waals surface area contributed by atoms with Crippen molar-refractivity contribution >= 4 is 35.1 Å². The molecule has 0 aliphatic carbocycles. The van der Waals surface area contributed by atoms with E-state index in [0.29, 0.717) is 22.2 Å². The number of hydrogen-bond donors (Lipinski definition) is 2. The highest BCUT2D eigenvalue weighted by Gasteiger charge is 2.14. The smallest absolute Gasteiger partial charge is 0.258 e. The second-order valence-electron chi connectivity index (χ2n) is 7.30. The minimum Gasteiger partial charge on any atom is -0.322 e. The summed E-state index contributed by atoms with van der Waals surface area (Å²) in [4.78, 5) is 35.1. The summed E-state index contributed by atoms with van der Waals surface area (Å²) in [5.74, 6) is 0.763. The molecular weight excluding hydrogens is 410 g/mol. The molecule has 0 atom stereocenters. The van der Waals surface area contributed by atoms with Gasteiger partial charge >= 0.3 is 0 Å². The highest BCUT2D eigenvalue weighted by molar-refractivity contribution is 7.98. The zero-order valence-electron chi connectivity index (χ0n) is 17.8. The largest absolute Gasteiger partial charge is 0.322 e. The summed E-state index contributed by atoms with van der Waals surface area (Å²) in [5, 5.41) is 6.36. The SMILES string of the molecule is Cc1cccc(NC(=O)c2cccnc2SCc2ccnc(NC(=O)CN(C)C)c2)c1. The Bertz CT molecular complexity index is 1070. The summed E-state index contributed by atoms with van der Waals surface area (Å²) >= 11 is 1.46. The fourth-order valence-corrected chi connectivity index (χ4v) is 3.79. The van der Waals surface area contributed by atoms with Gasteiger partial charge in [-0.15, -0.1) is 11.8 Å². The number of carbonyl (C=O) groups is 2. The lowest BCUT2D eigenvalue weighted by Gasteiger charge is -2.11. The first kappa shape index (κ1) is 22.5. The van der Waals surface area contributed by atoms with E-state index in [2.05, 4.69) is 20.6 Å². The van der Waals surface area contributed by atoms with Crippen molar-refractivity contribution in [2.24, 2.45) is 0 Å². The van der Waals surface area contributed by atoms with Crippen LogP contribution >= 0.6 is 11.8 Å². The zero-order valence-corrected chi connectivity index (χ0v) is 18.6. The van der Waals surface area contributed by atoms with Crippen molar-refractivity contribution in [3.8, 4) is 0 Å². The first-order chi connectivity index (χ1) is 14.9. The second-order valence-corrected chi connectivity index (χ2v) is 8.27. The number of anilines is 2. The van der Waals surface area contributed by atoms with Crippen LogP contribution < -0.4 is 10.6 Å². The predicted octanol–water partition coefficient (Wildman–Crippen LogP) is 3.83. The third-order valence-electron chi connectivity index (χ3n) is 4.22. The number of rotatable bonds is 8. The van der Waals surface area contributed by atoms with E-state index in [1.165, 1.54) is 11.8 Å². The van der Waals surface area contributed by atoms with Gasteiger partial charge < -0.3 is 15.5 Å². The van der Waals surface area contributed by atoms with E-state index in [1.54, 1.807) is 29.4 Å². The molecule has 2 heterocycles. The van der Waals surface area contributed by atoms with Gasteiger partial charge in [-0.05, 0) is 68.5 Å². The standard InChI is InChI=1S/C23H25N5O2S/c1-16-6-4-7-18(12-16)26-22(30)19-8-5-10-25-23(19)31-15-17-9-11-24-20(13-17)27-21(29)14-28(2)3/h4-13H,14-15H2,1-3H3,(H,26,30)(H,24,27,29). The first-order valence-electron chi connectivity index (χ1n) is 9.76. The average molecular weight is 436 g/mol. The highest BCUT2D eigenvalue weighted by Crippen LogP contribution is 2.25. The van der Waals surface area contributed by atoms with Gasteiger partial charge in [0.2, 0.25) is 5.91 Å². The zero-order chi connectivity index (χ0) is 22.2. The number of likely N-dealkylation sites (N-methyl/N-ethyl adjacent to an activating group) is 1. The molecule has 0 unspecified atom stereocenters. The van der Waals surface area contributed by atoms with Gasteiger partial charge in [0.25, 0.3) is 5.91 Å². The molecule has 0 aliphatic rings. The lowest BCUT2D eigenvalue weighted by Crippen LogP contribution is -2.27. The molecule has 160 valence electrons. The van der Waals surface area contributed by atoms with E-state index in [1.807, 2.05) is 57.4 Å². The van der Waals surface area contributed by atoms with E-state index in [0.717, 1.165) is 16.8 Å². The van der Waals surface area contributed by atoms with Crippen LogP contribution in [0.2, 0.25) is 0 Å². The Kier molecular flexibility index (Phi) is 7.75. The van der Waals surface area contributed by atoms with Crippen LogP contribution in [0, 0.1) is 6.92 Å². The highest BCUT2D eigenvalue weighted by atomic mass is 32.2. The topological polar surface area (TPSA) is 87.2 Å². The number of thioether (sulfide) groups is 1. The number of aryl methyl sites for hydroxylation is 1. The third-order valence-corrected chi connectivity index (χ3v) is 5.30. The lowest BCUT2D eigenvalue weighted by atomic mass is 10.2. The summed E-state index contributed by atoms with van der Waals surface area (Å²) in [6.45, 7) is 2.26. The quantitative estimate of drug-likeness (QED) is 0.523. The molecule has 8 heteroatoms. The maximum Gasteiger partial charge on any atom is 0.258 e. The molecule has 31 heavy (non-hydrogen) atoms. The van der Waals surface area contributed by atoms with Gasteiger partial charge in [0.1, 0.15) is 10.8 Å². The molecule has 0 fully saturated rings. The van der Waals surface area contributed by atoms with Crippen molar-refractivity contribution < 1.29 is 9.59 Å². The number of pyridine rings is 2. The molecular formula is C23H25N5O2S. The van der Waals surface area contributed by atoms with Crippen molar-refractivity contribution in [2.75, 3.05) is 31.3 Å². The van der Waals surface area contributed by atoms with Crippen LogP contribution in [-0.2, 0) is 10.5 Å². The van der Waals surface area contributed by atoms with Gasteiger partial charge in [-0.3, -0.25) is 9.59 Å². The molecule has 0 aliphatic heterocycles. The minimum absolute atomic E-state index is 0.123. The van der Waals surface area contributed by atoms with E-state index >= 15 is 0 Å². The van der Waals surface area contributed by atoms with E-state index in [4.69, 9.17) is 0 Å². The van der Waals surface area contributed by atoms with Crippen LogP contribution in [0.5, 0.6) is 0 Å². The maximum absolute atomic E-state index is 12.8. The van der Waals surface area contributed by atoms with Crippen molar-refractivity contribution in [2.45, 2.75) is 17.7 Å². The summed E-state index contributed by atoms with van der Waals surface area (Å²) in [6.07, 6.45) is 3.33. The Morgan fingerprint density at radius 2 is 1.84 bits per heavy atom. The third kappa shape index (κ3) is 6.91. The van der Waals surface area contributed by atoms with Gasteiger partial charge in [-0.1, -0.05) is 12.1 Å². The Morgan fingerprint density at radius 3 is 2.61 bits per heavy atom. The monoisotopic (exact) mass is 435 g/mol. The predicted molar refractivity (Wildman–Crippen MR) is 124 cm³/mol. The number of aromatic nitrogens is 2. The second kappa shape index (κ2) is 10.7. The molecule has 0 radical (unpaired) electrons. The normalized spacial score (nSPS) is 10.7. The van der Waals surface area contributed by atoms with Gasteiger partial charge in [0.15, 0.2) is 0 Å². The Labute approximate surface area is 186 Å². The van der Waals surface area contributed by atoms with Crippen LogP contribution in [0.15, 0.2) is 66.0 Å². The molecule has 0 bridgehead atoms. The molecule has 3 rings (SSSR count). The van der Waals surface area contributed by atoms with E-state index < -0.39 is 0 Å². The fourth-order valence-electron chi connectivity index (χ4n) is 2.85. The molecule has 1 aromatic carbocycles. The van der Waals surface area contributed by atoms with E-state index in [9.17, 15) is 9.59 Å². The summed E-state index contributed by atoms with van der Waals surface area (Å²) < 4.78 is 0. The number of amides is 2. The Hall–Kier alpha value is -3.23. The molecule has 2 N–H and O–H groups in total. The Balaban J connectivity index is 1.67. The average Bonchev–Trinajstić information content (AvgIpc) is 2.72. The van der Waals surface area contributed by atoms with Crippen LogP contribution in [0.4, 0.5) is 11.5 Å². The van der Waals surface area contributed by atoms with E-state index in [-0.39, 0.29) is 18.4 Å². The van der Waals surface area contributed by atoms with Crippen molar-refractivity contribution in [1.29, 1.82) is 0 Å². The molecule has 2 aromatic heterocycles. The van der Waals surface area contributed by atoms with Crippen molar-refractivity contribution in [3.05, 3.63) is 77.6 Å². The molecule has 7 nitrogen and oxygen atoms in total. The van der Waals surface area contributed by atoms with Crippen molar-refractivity contribution in [1.82, 2.24) is 14.9 Å². The molecule has 2 amide bonds. The number of nitrogens with one attached hydrogen (secondary N) is 2. The van der Waals surface area contributed by atoms with Gasteiger partial charge in [0.05, 0.1) is 12.1 Å². The first-order valence-corrected chi connectivity index (χ1v) is 10.7. The summed E-state index contributed by atoms with van der Waals surface area (Å²) in [7, 11) is 3.67. The maximum atomic E-state index is 12.8. The Morgan fingerprint density at radius 1 is 1.00 bits per heavy atom. The van der Waals surface area contributed by atoms with Gasteiger partial charge in [-0.25, -0.2) is 9.97 Å². The van der Waals surface area contributed by atoms with Crippen LogP contribution in [0.3, 0.4) is 0 Å². The van der Waals surface area contributed by atoms with Crippen LogP contribution in [-0.4, -0.2) is 47.3 Å². The molecule has 0 saturated carbocycles. The molecule has 0 saturated heterocycles. The molecule has 3 aromatic rings. The minimum atomic E-state index is -0.201. The number of carbonyl (C=O) groups excluding carboxylic acids is 2. The molecule has 0 spiro atoms. The van der Waals surface area contributed by atoms with Gasteiger partial charge in [-0.2, -0.15) is 0 Å². The number of nitrogens with zero attached hydrogens (tertiary/aromatic N) is 3.